The molecule has 0 radical (unpaired) electrons. The fourth-order valence-electron chi connectivity index (χ4n) is 2.59. The van der Waals surface area contributed by atoms with Gasteiger partial charge < -0.3 is 24.3 Å². The average molecular weight is 385 g/mol. The zero-order chi connectivity index (χ0) is 20.7. The highest BCUT2D eigenvalue weighted by Gasteiger charge is 2.18. The molecule has 2 aromatic rings. The quantitative estimate of drug-likeness (QED) is 0.581. The van der Waals surface area contributed by atoms with Crippen LogP contribution in [-0.4, -0.2) is 40.3 Å². The third-order valence-corrected chi connectivity index (χ3v) is 3.99. The van der Waals surface area contributed by atoms with Crippen LogP contribution in [0.3, 0.4) is 0 Å². The molecule has 0 aliphatic heterocycles. The summed E-state index contributed by atoms with van der Waals surface area (Å²) in [5.74, 6) is 0.327. The molecule has 2 rings (SSSR count). The first-order valence-corrected chi connectivity index (χ1v) is 8.41. The Kier molecular flexibility index (Phi) is 7.03. The van der Waals surface area contributed by atoms with Crippen molar-refractivity contribution in [1.29, 1.82) is 0 Å². The molecule has 7 heteroatoms. The minimum absolute atomic E-state index is 0.148. The maximum absolute atomic E-state index is 12.4. The number of carbonyl (C=O) groups is 2. The molecule has 0 aromatic heterocycles. The molecule has 0 spiro atoms. The molecule has 0 unspecified atom stereocenters. The molecule has 0 saturated heterocycles. The van der Waals surface area contributed by atoms with Gasteiger partial charge in [0.25, 0.3) is 0 Å². The molecule has 0 aliphatic rings. The normalized spacial score (nSPS) is 10.5. The Hall–Kier alpha value is -3.48. The summed E-state index contributed by atoms with van der Waals surface area (Å²) in [6.07, 6.45) is 2.99. The summed E-state index contributed by atoms with van der Waals surface area (Å²) in [4.78, 5) is 24.5. The van der Waals surface area contributed by atoms with Crippen molar-refractivity contribution in [1.82, 2.24) is 0 Å². The van der Waals surface area contributed by atoms with Gasteiger partial charge in [-0.25, -0.2) is 4.79 Å². The van der Waals surface area contributed by atoms with Crippen LogP contribution in [0.25, 0.3) is 6.08 Å². The van der Waals surface area contributed by atoms with E-state index in [-0.39, 0.29) is 11.3 Å². The first-order valence-electron chi connectivity index (χ1n) is 8.41. The van der Waals surface area contributed by atoms with Gasteiger partial charge >= 0.3 is 5.97 Å². The summed E-state index contributed by atoms with van der Waals surface area (Å²) in [5.41, 5.74) is 2.19. The largest absolute Gasteiger partial charge is 0.496 e. The van der Waals surface area contributed by atoms with E-state index in [0.29, 0.717) is 17.2 Å². The highest BCUT2D eigenvalue weighted by molar-refractivity contribution is 6.07. The summed E-state index contributed by atoms with van der Waals surface area (Å²) in [6.45, 7) is 1.95. The molecule has 148 valence electrons. The van der Waals surface area contributed by atoms with E-state index in [0.717, 1.165) is 11.1 Å². The van der Waals surface area contributed by atoms with Crippen LogP contribution in [-0.2, 0) is 9.53 Å². The van der Waals surface area contributed by atoms with E-state index in [1.54, 1.807) is 13.2 Å². The smallest absolute Gasteiger partial charge is 0.340 e. The zero-order valence-electron chi connectivity index (χ0n) is 16.5. The minimum atomic E-state index is -0.611. The molecule has 0 saturated carbocycles. The van der Waals surface area contributed by atoms with Crippen LogP contribution in [0.15, 0.2) is 36.4 Å². The minimum Gasteiger partial charge on any atom is -0.496 e. The molecule has 0 aliphatic carbocycles. The Bertz CT molecular complexity index is 904. The van der Waals surface area contributed by atoms with Crippen molar-refractivity contribution in [2.45, 2.75) is 6.92 Å². The highest BCUT2D eigenvalue weighted by atomic mass is 16.5. The van der Waals surface area contributed by atoms with Crippen molar-refractivity contribution in [2.24, 2.45) is 0 Å². The molecule has 0 fully saturated rings. The number of amides is 1. The molecule has 1 amide bonds. The van der Waals surface area contributed by atoms with Crippen molar-refractivity contribution in [3.63, 3.8) is 0 Å². The first kappa shape index (κ1) is 20.8. The standard InChI is InChI=1S/C21H23NO6/c1-13-6-8-17(25-2)14(10-13)7-9-20(23)22-16-12-19(27-4)18(26-3)11-15(16)21(24)28-5/h6-12H,1-5H3,(H,22,23)/b9-7+. The molecule has 28 heavy (non-hydrogen) atoms. The Morgan fingerprint density at radius 3 is 2.14 bits per heavy atom. The molecular weight excluding hydrogens is 362 g/mol. The molecule has 0 bridgehead atoms. The summed E-state index contributed by atoms with van der Waals surface area (Å²) in [6, 6.07) is 8.61. The van der Waals surface area contributed by atoms with Crippen LogP contribution in [0, 0.1) is 6.92 Å². The van der Waals surface area contributed by atoms with Crippen molar-refractivity contribution >= 4 is 23.6 Å². The number of ether oxygens (including phenoxy) is 4. The number of carbonyl (C=O) groups excluding carboxylic acids is 2. The van der Waals surface area contributed by atoms with Crippen LogP contribution in [0.4, 0.5) is 5.69 Å². The molecule has 0 atom stereocenters. The van der Waals surface area contributed by atoms with E-state index in [4.69, 9.17) is 18.9 Å². The monoisotopic (exact) mass is 385 g/mol. The molecule has 0 heterocycles. The Morgan fingerprint density at radius 1 is 0.893 bits per heavy atom. The number of aryl methyl sites for hydroxylation is 1. The van der Waals surface area contributed by atoms with Crippen molar-refractivity contribution in [3.05, 3.63) is 53.1 Å². The number of nitrogens with one attached hydrogen (secondary N) is 1. The van der Waals surface area contributed by atoms with E-state index < -0.39 is 11.9 Å². The van der Waals surface area contributed by atoms with E-state index >= 15 is 0 Å². The maximum atomic E-state index is 12.4. The molecule has 2 aromatic carbocycles. The van der Waals surface area contributed by atoms with Gasteiger partial charge in [-0.05, 0) is 25.1 Å². The SMILES string of the molecule is COC(=O)c1cc(OC)c(OC)cc1NC(=O)/C=C/c1cc(C)ccc1OC. The van der Waals surface area contributed by atoms with Gasteiger partial charge in [0.1, 0.15) is 5.75 Å². The number of benzene rings is 2. The fourth-order valence-corrected chi connectivity index (χ4v) is 2.59. The second-order valence-corrected chi connectivity index (χ2v) is 5.81. The average Bonchev–Trinajstić information content (AvgIpc) is 2.71. The van der Waals surface area contributed by atoms with Crippen molar-refractivity contribution in [2.75, 3.05) is 33.8 Å². The molecule has 1 N–H and O–H groups in total. The number of hydrogen-bond acceptors (Lipinski definition) is 6. The maximum Gasteiger partial charge on any atom is 0.340 e. The van der Waals surface area contributed by atoms with Crippen molar-refractivity contribution < 1.29 is 28.5 Å². The lowest BCUT2D eigenvalue weighted by Gasteiger charge is -2.14. The Labute approximate surface area is 163 Å². The van der Waals surface area contributed by atoms with Gasteiger partial charge in [-0.3, -0.25) is 4.79 Å². The number of methoxy groups -OCH3 is 4. The van der Waals surface area contributed by atoms with E-state index in [1.807, 2.05) is 25.1 Å². The second-order valence-electron chi connectivity index (χ2n) is 5.81. The van der Waals surface area contributed by atoms with Crippen LogP contribution in [0.5, 0.6) is 17.2 Å². The van der Waals surface area contributed by atoms with Gasteiger partial charge in [-0.15, -0.1) is 0 Å². The lowest BCUT2D eigenvalue weighted by Crippen LogP contribution is -2.13. The summed E-state index contributed by atoms with van der Waals surface area (Å²) in [7, 11) is 5.74. The van der Waals surface area contributed by atoms with E-state index in [2.05, 4.69) is 5.32 Å². The zero-order valence-corrected chi connectivity index (χ0v) is 16.5. The first-order chi connectivity index (χ1) is 13.4. The van der Waals surface area contributed by atoms with Gasteiger partial charge in [0.05, 0.1) is 39.7 Å². The van der Waals surface area contributed by atoms with Gasteiger partial charge in [-0.2, -0.15) is 0 Å². The topological polar surface area (TPSA) is 83.1 Å². The van der Waals surface area contributed by atoms with Gasteiger partial charge in [0.15, 0.2) is 11.5 Å². The highest BCUT2D eigenvalue weighted by Crippen LogP contribution is 2.33. The summed E-state index contributed by atoms with van der Waals surface area (Å²) >= 11 is 0. The summed E-state index contributed by atoms with van der Waals surface area (Å²) < 4.78 is 20.5. The third-order valence-electron chi connectivity index (χ3n) is 3.99. The van der Waals surface area contributed by atoms with Crippen LogP contribution < -0.4 is 19.5 Å². The van der Waals surface area contributed by atoms with Crippen molar-refractivity contribution in [3.8, 4) is 17.2 Å². The summed E-state index contributed by atoms with van der Waals surface area (Å²) in [5, 5.41) is 2.67. The number of anilines is 1. The van der Waals surface area contributed by atoms with E-state index in [9.17, 15) is 9.59 Å². The third kappa shape index (κ3) is 4.82. The van der Waals surface area contributed by atoms with Gasteiger partial charge in [-0.1, -0.05) is 11.6 Å². The molecular formula is C21H23NO6. The Morgan fingerprint density at radius 2 is 1.54 bits per heavy atom. The van der Waals surface area contributed by atoms with Gasteiger partial charge in [0, 0.05) is 23.8 Å². The molecule has 7 nitrogen and oxygen atoms in total. The second kappa shape index (κ2) is 9.45. The lowest BCUT2D eigenvalue weighted by molar-refractivity contribution is -0.111. The van der Waals surface area contributed by atoms with E-state index in [1.165, 1.54) is 39.5 Å². The van der Waals surface area contributed by atoms with Crippen LogP contribution in [0.2, 0.25) is 0 Å². The number of hydrogen-bond donors (Lipinski definition) is 1. The fraction of sp³-hybridized carbons (Fsp3) is 0.238. The number of rotatable bonds is 7. The predicted molar refractivity (Wildman–Crippen MR) is 106 cm³/mol. The van der Waals surface area contributed by atoms with Crippen LogP contribution in [0.1, 0.15) is 21.5 Å². The van der Waals surface area contributed by atoms with Crippen LogP contribution >= 0.6 is 0 Å². The predicted octanol–water partition coefficient (Wildman–Crippen LogP) is 3.46. The lowest BCUT2D eigenvalue weighted by atomic mass is 10.1. The number of esters is 1. The Balaban J connectivity index is 2.32. The van der Waals surface area contributed by atoms with Gasteiger partial charge in [0.2, 0.25) is 5.91 Å².